The van der Waals surface area contributed by atoms with Gasteiger partial charge in [-0.3, -0.25) is 4.79 Å². The molecule has 1 saturated heterocycles. The molecule has 1 aliphatic heterocycles. The minimum atomic E-state index is -3.50. The molecule has 1 heterocycles. The maximum atomic E-state index is 12.9. The minimum absolute atomic E-state index is 0.0889. The van der Waals surface area contributed by atoms with Crippen molar-refractivity contribution in [2.24, 2.45) is 0 Å². The van der Waals surface area contributed by atoms with Gasteiger partial charge in [0.2, 0.25) is 15.9 Å². The maximum absolute atomic E-state index is 12.9. The van der Waals surface area contributed by atoms with Crippen LogP contribution in [-0.2, 0) is 14.8 Å². The first-order valence-electron chi connectivity index (χ1n) is 7.71. The number of sulfonamides is 1. The number of hydrogen-bond donors (Lipinski definition) is 0. The Kier molecular flexibility index (Phi) is 5.24. The lowest BCUT2D eigenvalue weighted by Gasteiger charge is -2.22. The Labute approximate surface area is 133 Å². The lowest BCUT2D eigenvalue weighted by molar-refractivity contribution is -0.130. The first kappa shape index (κ1) is 17.0. The largest absolute Gasteiger partial charge is 0.341 e. The summed E-state index contributed by atoms with van der Waals surface area (Å²) in [7, 11) is -3.50. The van der Waals surface area contributed by atoms with E-state index in [4.69, 9.17) is 0 Å². The molecular formula is C16H24N2O3S. The zero-order valence-corrected chi connectivity index (χ0v) is 14.3. The molecule has 0 radical (unpaired) electrons. The van der Waals surface area contributed by atoms with E-state index in [9.17, 15) is 13.2 Å². The molecule has 1 aromatic rings. The number of carbonyl (C=O) groups excluding carboxylic acids is 1. The van der Waals surface area contributed by atoms with Crippen LogP contribution < -0.4 is 0 Å². The van der Waals surface area contributed by atoms with Crippen molar-refractivity contribution in [2.45, 2.75) is 38.5 Å². The summed E-state index contributed by atoms with van der Waals surface area (Å²) in [6, 6.07) is 5.48. The molecule has 1 amide bonds. The topological polar surface area (TPSA) is 57.7 Å². The van der Waals surface area contributed by atoms with Crippen LogP contribution >= 0.6 is 0 Å². The van der Waals surface area contributed by atoms with E-state index in [1.165, 1.54) is 4.31 Å². The molecule has 1 aromatic carbocycles. The van der Waals surface area contributed by atoms with E-state index in [2.05, 4.69) is 0 Å². The van der Waals surface area contributed by atoms with Gasteiger partial charge >= 0.3 is 0 Å². The van der Waals surface area contributed by atoms with Gasteiger partial charge in [0.15, 0.2) is 0 Å². The van der Waals surface area contributed by atoms with Crippen LogP contribution in [0.5, 0.6) is 0 Å². The van der Waals surface area contributed by atoms with Crippen LogP contribution in [-0.4, -0.2) is 49.7 Å². The van der Waals surface area contributed by atoms with Crippen molar-refractivity contribution < 1.29 is 13.2 Å². The van der Waals surface area contributed by atoms with Gasteiger partial charge in [0.05, 0.1) is 4.90 Å². The van der Waals surface area contributed by atoms with E-state index >= 15 is 0 Å². The summed E-state index contributed by atoms with van der Waals surface area (Å²) in [4.78, 5) is 13.9. The van der Waals surface area contributed by atoms with Crippen LogP contribution in [0.4, 0.5) is 0 Å². The Morgan fingerprint density at radius 1 is 1.14 bits per heavy atom. The van der Waals surface area contributed by atoms with E-state index in [-0.39, 0.29) is 5.91 Å². The van der Waals surface area contributed by atoms with Crippen LogP contribution in [0, 0.1) is 13.8 Å². The van der Waals surface area contributed by atoms with E-state index < -0.39 is 10.0 Å². The van der Waals surface area contributed by atoms with Gasteiger partial charge in [-0.1, -0.05) is 19.1 Å². The van der Waals surface area contributed by atoms with Gasteiger partial charge < -0.3 is 4.90 Å². The van der Waals surface area contributed by atoms with Gasteiger partial charge in [0.1, 0.15) is 0 Å². The second-order valence-electron chi connectivity index (χ2n) is 5.76. The van der Waals surface area contributed by atoms with Crippen molar-refractivity contribution in [1.82, 2.24) is 9.21 Å². The van der Waals surface area contributed by atoms with Gasteiger partial charge in [-0.05, 0) is 37.5 Å². The van der Waals surface area contributed by atoms with Crippen molar-refractivity contribution >= 4 is 15.9 Å². The first-order valence-corrected chi connectivity index (χ1v) is 9.15. The maximum Gasteiger partial charge on any atom is 0.243 e. The Balaban J connectivity index is 2.23. The molecule has 6 heteroatoms. The third-order valence-corrected chi connectivity index (χ3v) is 6.11. The van der Waals surface area contributed by atoms with Crippen LogP contribution in [0.3, 0.4) is 0 Å². The highest BCUT2D eigenvalue weighted by atomic mass is 32.2. The van der Waals surface area contributed by atoms with Crippen LogP contribution in [0.15, 0.2) is 23.1 Å². The average molecular weight is 324 g/mol. The Morgan fingerprint density at radius 2 is 1.86 bits per heavy atom. The molecule has 0 aromatic heterocycles. The van der Waals surface area contributed by atoms with Gasteiger partial charge in [0.25, 0.3) is 0 Å². The van der Waals surface area contributed by atoms with Crippen LogP contribution in [0.25, 0.3) is 0 Å². The van der Waals surface area contributed by atoms with Crippen LogP contribution in [0.2, 0.25) is 0 Å². The zero-order chi connectivity index (χ0) is 16.3. The Morgan fingerprint density at radius 3 is 2.55 bits per heavy atom. The lowest BCUT2D eigenvalue weighted by Crippen LogP contribution is -2.37. The molecule has 22 heavy (non-hydrogen) atoms. The summed E-state index contributed by atoms with van der Waals surface area (Å²) in [6.45, 7) is 7.46. The number of nitrogens with zero attached hydrogens (tertiary/aromatic N) is 2. The van der Waals surface area contributed by atoms with E-state index in [1.54, 1.807) is 11.0 Å². The molecule has 0 aliphatic carbocycles. The fourth-order valence-electron chi connectivity index (χ4n) is 2.73. The molecule has 2 rings (SSSR count). The number of benzene rings is 1. The minimum Gasteiger partial charge on any atom is -0.341 e. The Bertz CT molecular complexity index is 655. The molecule has 0 saturated carbocycles. The summed E-state index contributed by atoms with van der Waals surface area (Å²) in [6.07, 6.45) is 1.14. The summed E-state index contributed by atoms with van der Waals surface area (Å²) in [5.41, 5.74) is 1.69. The quantitative estimate of drug-likeness (QED) is 0.854. The zero-order valence-electron chi connectivity index (χ0n) is 13.5. The third kappa shape index (κ3) is 3.50. The van der Waals surface area contributed by atoms with Crippen molar-refractivity contribution in [1.29, 1.82) is 0 Å². The number of carbonyl (C=O) groups is 1. The summed E-state index contributed by atoms with van der Waals surface area (Å²) >= 11 is 0. The molecule has 1 fully saturated rings. The molecule has 1 aliphatic rings. The number of aryl methyl sites for hydroxylation is 2. The molecule has 0 N–H and O–H groups in total. The lowest BCUT2D eigenvalue weighted by atomic mass is 10.2. The smallest absolute Gasteiger partial charge is 0.243 e. The van der Waals surface area contributed by atoms with Crippen molar-refractivity contribution in [3.05, 3.63) is 29.3 Å². The molecular weight excluding hydrogens is 300 g/mol. The Hall–Kier alpha value is -1.40. The molecule has 122 valence electrons. The molecule has 0 atom stereocenters. The molecule has 0 unspecified atom stereocenters. The molecule has 5 nitrogen and oxygen atoms in total. The predicted molar refractivity (Wildman–Crippen MR) is 86.2 cm³/mol. The van der Waals surface area contributed by atoms with Gasteiger partial charge in [0, 0.05) is 32.6 Å². The third-order valence-electron chi connectivity index (χ3n) is 4.07. The molecule has 0 bridgehead atoms. The fraction of sp³-hybridized carbons (Fsp3) is 0.562. The van der Waals surface area contributed by atoms with Crippen LogP contribution in [0.1, 0.15) is 30.9 Å². The van der Waals surface area contributed by atoms with Crippen molar-refractivity contribution in [3.63, 3.8) is 0 Å². The standard InChI is InChI=1S/C16H24N2O3S/c1-4-16(19)17-8-5-9-18(11-10-17)22(20,21)15-12-13(2)6-7-14(15)3/h6-7,12H,4-5,8-11H2,1-3H3. The number of rotatable bonds is 3. The second-order valence-corrected chi connectivity index (χ2v) is 7.67. The van der Waals surface area contributed by atoms with Gasteiger partial charge in [-0.25, -0.2) is 8.42 Å². The molecule has 0 spiro atoms. The number of amides is 1. The monoisotopic (exact) mass is 324 g/mol. The summed E-state index contributed by atoms with van der Waals surface area (Å²) in [5, 5.41) is 0. The average Bonchev–Trinajstić information content (AvgIpc) is 2.75. The summed E-state index contributed by atoms with van der Waals surface area (Å²) < 4.78 is 27.3. The van der Waals surface area contributed by atoms with E-state index in [1.807, 2.05) is 32.9 Å². The van der Waals surface area contributed by atoms with Crippen molar-refractivity contribution in [2.75, 3.05) is 26.2 Å². The fourth-order valence-corrected chi connectivity index (χ4v) is 4.51. The van der Waals surface area contributed by atoms with E-state index in [0.717, 1.165) is 11.1 Å². The van der Waals surface area contributed by atoms with Crippen molar-refractivity contribution in [3.8, 4) is 0 Å². The van der Waals surface area contributed by atoms with E-state index in [0.29, 0.717) is 43.9 Å². The van der Waals surface area contributed by atoms with Gasteiger partial charge in [-0.2, -0.15) is 4.31 Å². The SMILES string of the molecule is CCC(=O)N1CCCN(S(=O)(=O)c2cc(C)ccc2C)CC1. The first-order chi connectivity index (χ1) is 10.4. The predicted octanol–water partition coefficient (Wildman–Crippen LogP) is 1.94. The number of hydrogen-bond acceptors (Lipinski definition) is 3. The second kappa shape index (κ2) is 6.79. The highest BCUT2D eigenvalue weighted by Gasteiger charge is 2.28. The highest BCUT2D eigenvalue weighted by molar-refractivity contribution is 7.89. The normalized spacial score (nSPS) is 17.3. The van der Waals surface area contributed by atoms with Gasteiger partial charge in [-0.15, -0.1) is 0 Å². The summed E-state index contributed by atoms with van der Waals surface area (Å²) in [5.74, 6) is 0.0889. The highest BCUT2D eigenvalue weighted by Crippen LogP contribution is 2.22.